The molecule has 0 aromatic carbocycles. The van der Waals surface area contributed by atoms with Crippen LogP contribution in [0, 0.1) is 10.1 Å². The molecule has 0 saturated heterocycles. The normalized spacial score (nSPS) is 10.6. The monoisotopic (exact) mass is 239 g/mol. The van der Waals surface area contributed by atoms with Crippen LogP contribution in [0.3, 0.4) is 0 Å². The number of aromatic nitrogens is 2. The average molecular weight is 239 g/mol. The molecule has 7 heteroatoms. The van der Waals surface area contributed by atoms with Crippen LogP contribution in [0.15, 0.2) is 6.20 Å². The molecular weight excluding hydrogens is 222 g/mol. The van der Waals surface area contributed by atoms with Crippen molar-refractivity contribution in [3.05, 3.63) is 16.3 Å². The fraction of sp³-hybridized carbons (Fsp3) is 0.600. The van der Waals surface area contributed by atoms with Gasteiger partial charge in [-0.2, -0.15) is 4.98 Å². The van der Waals surface area contributed by atoms with Crippen LogP contribution in [0.1, 0.15) is 27.2 Å². The molecule has 0 saturated carbocycles. The van der Waals surface area contributed by atoms with Crippen LogP contribution in [-0.2, 0) is 0 Å². The number of anilines is 2. The minimum atomic E-state index is -0.486. The van der Waals surface area contributed by atoms with Gasteiger partial charge in [-0.3, -0.25) is 10.1 Å². The first kappa shape index (κ1) is 13.1. The van der Waals surface area contributed by atoms with Gasteiger partial charge in [-0.25, -0.2) is 4.98 Å². The fourth-order valence-corrected chi connectivity index (χ4v) is 1.57. The fourth-order valence-electron chi connectivity index (χ4n) is 1.57. The van der Waals surface area contributed by atoms with Crippen LogP contribution >= 0.6 is 0 Å². The second-order valence-electron chi connectivity index (χ2n) is 3.98. The van der Waals surface area contributed by atoms with Gasteiger partial charge in [0.2, 0.25) is 11.8 Å². The Bertz CT molecular complexity index is 408. The maximum atomic E-state index is 10.9. The third-order valence-electron chi connectivity index (χ3n) is 2.33. The van der Waals surface area contributed by atoms with E-state index in [9.17, 15) is 10.1 Å². The summed E-state index contributed by atoms with van der Waals surface area (Å²) in [5, 5.41) is 10.9. The summed E-state index contributed by atoms with van der Waals surface area (Å²) in [5.41, 5.74) is 5.38. The van der Waals surface area contributed by atoms with E-state index < -0.39 is 4.92 Å². The second kappa shape index (κ2) is 5.42. The van der Waals surface area contributed by atoms with Crippen LogP contribution in [-0.4, -0.2) is 27.5 Å². The van der Waals surface area contributed by atoms with Crippen molar-refractivity contribution in [3.8, 4) is 0 Å². The average Bonchev–Trinajstić information content (AvgIpc) is 2.24. The molecule has 0 radical (unpaired) electrons. The summed E-state index contributed by atoms with van der Waals surface area (Å²) in [4.78, 5) is 19.9. The SMILES string of the molecule is CCCN(c1nc(N)ncc1[N+](=O)[O-])C(C)C. The van der Waals surface area contributed by atoms with Crippen molar-refractivity contribution in [2.45, 2.75) is 33.2 Å². The van der Waals surface area contributed by atoms with E-state index in [0.29, 0.717) is 12.4 Å². The first-order valence-electron chi connectivity index (χ1n) is 5.50. The first-order valence-corrected chi connectivity index (χ1v) is 5.50. The van der Waals surface area contributed by atoms with Crippen LogP contribution in [0.25, 0.3) is 0 Å². The molecule has 2 N–H and O–H groups in total. The van der Waals surface area contributed by atoms with Crippen LogP contribution in [0.2, 0.25) is 0 Å². The van der Waals surface area contributed by atoms with Crippen molar-refractivity contribution in [3.63, 3.8) is 0 Å². The molecule has 0 bridgehead atoms. The number of nitrogen functional groups attached to an aromatic ring is 1. The lowest BCUT2D eigenvalue weighted by molar-refractivity contribution is -0.384. The van der Waals surface area contributed by atoms with Gasteiger partial charge in [-0.15, -0.1) is 0 Å². The maximum absolute atomic E-state index is 10.9. The number of hydrogen-bond acceptors (Lipinski definition) is 6. The van der Waals surface area contributed by atoms with Gasteiger partial charge in [-0.05, 0) is 20.3 Å². The third-order valence-corrected chi connectivity index (χ3v) is 2.33. The molecule has 1 aromatic heterocycles. The smallest absolute Gasteiger partial charge is 0.329 e. The number of nitrogens with zero attached hydrogens (tertiary/aromatic N) is 4. The van der Waals surface area contributed by atoms with E-state index in [2.05, 4.69) is 9.97 Å². The van der Waals surface area contributed by atoms with Gasteiger partial charge in [0.05, 0.1) is 4.92 Å². The minimum absolute atomic E-state index is 0.0485. The number of nitro groups is 1. The zero-order chi connectivity index (χ0) is 13.0. The Morgan fingerprint density at radius 1 is 1.59 bits per heavy atom. The van der Waals surface area contributed by atoms with E-state index in [1.165, 1.54) is 0 Å². The van der Waals surface area contributed by atoms with Gasteiger partial charge in [0.25, 0.3) is 0 Å². The highest BCUT2D eigenvalue weighted by Gasteiger charge is 2.23. The van der Waals surface area contributed by atoms with Gasteiger partial charge in [0.1, 0.15) is 6.20 Å². The van der Waals surface area contributed by atoms with Gasteiger partial charge in [-0.1, -0.05) is 6.92 Å². The summed E-state index contributed by atoms with van der Waals surface area (Å²) in [6.45, 7) is 6.61. The summed E-state index contributed by atoms with van der Waals surface area (Å²) in [7, 11) is 0. The molecular formula is C10H17N5O2. The van der Waals surface area contributed by atoms with Gasteiger partial charge in [0, 0.05) is 12.6 Å². The van der Waals surface area contributed by atoms with Crippen LogP contribution < -0.4 is 10.6 Å². The molecule has 1 rings (SSSR count). The predicted molar refractivity (Wildman–Crippen MR) is 65.9 cm³/mol. The standard InChI is InChI=1S/C10H17N5O2/c1-4-5-14(7(2)3)9-8(15(16)17)6-12-10(11)13-9/h6-7H,4-5H2,1-3H3,(H2,11,12,13). The summed E-state index contributed by atoms with van der Waals surface area (Å²) in [6, 6.07) is 0.114. The summed E-state index contributed by atoms with van der Waals surface area (Å²) in [6.07, 6.45) is 2.03. The number of rotatable bonds is 5. The molecule has 0 atom stereocenters. The Labute approximate surface area is 99.8 Å². The van der Waals surface area contributed by atoms with Gasteiger partial charge in [0.15, 0.2) is 0 Å². The Balaban J connectivity index is 3.24. The summed E-state index contributed by atoms with van der Waals surface area (Å²) in [5.74, 6) is 0.340. The zero-order valence-corrected chi connectivity index (χ0v) is 10.3. The molecule has 1 aromatic rings. The highest BCUT2D eigenvalue weighted by molar-refractivity contribution is 5.58. The lowest BCUT2D eigenvalue weighted by atomic mass is 10.2. The van der Waals surface area contributed by atoms with Gasteiger partial charge < -0.3 is 10.6 Å². The summed E-state index contributed by atoms with van der Waals surface area (Å²) < 4.78 is 0. The van der Waals surface area contributed by atoms with E-state index in [-0.39, 0.29) is 17.7 Å². The highest BCUT2D eigenvalue weighted by atomic mass is 16.6. The van der Waals surface area contributed by atoms with E-state index in [0.717, 1.165) is 12.6 Å². The highest BCUT2D eigenvalue weighted by Crippen LogP contribution is 2.27. The Hall–Kier alpha value is -1.92. The minimum Gasteiger partial charge on any atom is -0.368 e. The lowest BCUT2D eigenvalue weighted by Gasteiger charge is -2.26. The van der Waals surface area contributed by atoms with Crippen molar-refractivity contribution < 1.29 is 4.92 Å². The van der Waals surface area contributed by atoms with Crippen molar-refractivity contribution in [1.82, 2.24) is 9.97 Å². The zero-order valence-electron chi connectivity index (χ0n) is 10.3. The predicted octanol–water partition coefficient (Wildman–Crippen LogP) is 1.59. The van der Waals surface area contributed by atoms with Crippen molar-refractivity contribution in [2.24, 2.45) is 0 Å². The Kier molecular flexibility index (Phi) is 4.19. The summed E-state index contributed by atoms with van der Waals surface area (Å²) >= 11 is 0. The molecule has 17 heavy (non-hydrogen) atoms. The molecule has 0 amide bonds. The molecule has 0 aliphatic carbocycles. The second-order valence-corrected chi connectivity index (χ2v) is 3.98. The van der Waals surface area contributed by atoms with E-state index in [1.807, 2.05) is 25.7 Å². The molecule has 0 spiro atoms. The van der Waals surface area contributed by atoms with Crippen LogP contribution in [0.4, 0.5) is 17.5 Å². The van der Waals surface area contributed by atoms with Gasteiger partial charge >= 0.3 is 5.69 Å². The van der Waals surface area contributed by atoms with Crippen LogP contribution in [0.5, 0.6) is 0 Å². The number of hydrogen-bond donors (Lipinski definition) is 1. The van der Waals surface area contributed by atoms with E-state index >= 15 is 0 Å². The quantitative estimate of drug-likeness (QED) is 0.618. The number of nitrogens with two attached hydrogens (primary N) is 1. The molecule has 0 aliphatic heterocycles. The lowest BCUT2D eigenvalue weighted by Crippen LogP contribution is -2.33. The Morgan fingerprint density at radius 2 is 2.24 bits per heavy atom. The molecule has 7 nitrogen and oxygen atoms in total. The molecule has 0 aliphatic rings. The van der Waals surface area contributed by atoms with Crippen molar-refractivity contribution >= 4 is 17.5 Å². The maximum Gasteiger partial charge on any atom is 0.329 e. The van der Waals surface area contributed by atoms with E-state index in [4.69, 9.17) is 5.73 Å². The molecule has 1 heterocycles. The van der Waals surface area contributed by atoms with Crippen molar-refractivity contribution in [1.29, 1.82) is 0 Å². The van der Waals surface area contributed by atoms with E-state index in [1.54, 1.807) is 0 Å². The third kappa shape index (κ3) is 3.02. The molecule has 94 valence electrons. The Morgan fingerprint density at radius 3 is 2.71 bits per heavy atom. The van der Waals surface area contributed by atoms with Crippen molar-refractivity contribution in [2.75, 3.05) is 17.2 Å². The molecule has 0 unspecified atom stereocenters. The topological polar surface area (TPSA) is 98.2 Å². The first-order chi connectivity index (χ1) is 7.97. The largest absolute Gasteiger partial charge is 0.368 e. The molecule has 0 fully saturated rings.